The first-order valence-corrected chi connectivity index (χ1v) is 12.2. The number of carbonyl (C=O) groups excluding carboxylic acids is 2. The highest BCUT2D eigenvalue weighted by atomic mass is 79.9. The Hall–Kier alpha value is -2.49. The van der Waals surface area contributed by atoms with Crippen molar-refractivity contribution in [3.63, 3.8) is 0 Å². The summed E-state index contributed by atoms with van der Waals surface area (Å²) in [5.74, 6) is 0.288. The van der Waals surface area contributed by atoms with Crippen molar-refractivity contribution in [2.75, 3.05) is 45.2 Å². The summed E-state index contributed by atoms with van der Waals surface area (Å²) in [7, 11) is 2.05. The molecule has 1 aliphatic rings. The SMILES string of the molecule is CCCCOc1ccc(C(=O)NC(=S)Nc2ccccc2C(=O)N2CCN(C)CC2)cc1Br. The Bertz CT molecular complexity index is 1010. The van der Waals surface area contributed by atoms with E-state index in [0.29, 0.717) is 46.7 Å². The number of hydrogen-bond acceptors (Lipinski definition) is 5. The summed E-state index contributed by atoms with van der Waals surface area (Å²) in [6, 6.07) is 12.3. The quantitative estimate of drug-likeness (QED) is 0.412. The van der Waals surface area contributed by atoms with Crippen LogP contribution in [0.15, 0.2) is 46.9 Å². The van der Waals surface area contributed by atoms with Gasteiger partial charge in [0.25, 0.3) is 11.8 Å². The van der Waals surface area contributed by atoms with Crippen molar-refractivity contribution in [2.24, 2.45) is 0 Å². The molecule has 2 N–H and O–H groups in total. The van der Waals surface area contributed by atoms with E-state index in [9.17, 15) is 9.59 Å². The minimum Gasteiger partial charge on any atom is -0.492 e. The van der Waals surface area contributed by atoms with Crippen LogP contribution in [0.3, 0.4) is 0 Å². The lowest BCUT2D eigenvalue weighted by Gasteiger charge is -2.32. The summed E-state index contributed by atoms with van der Waals surface area (Å²) < 4.78 is 6.41. The van der Waals surface area contributed by atoms with Crippen LogP contribution in [-0.4, -0.2) is 66.6 Å². The van der Waals surface area contributed by atoms with Crippen molar-refractivity contribution in [3.8, 4) is 5.75 Å². The lowest BCUT2D eigenvalue weighted by atomic mass is 10.1. The Morgan fingerprint density at radius 2 is 1.85 bits per heavy atom. The fraction of sp³-hybridized carbons (Fsp3) is 0.375. The van der Waals surface area contributed by atoms with E-state index in [1.165, 1.54) is 0 Å². The summed E-state index contributed by atoms with van der Waals surface area (Å²) >= 11 is 8.80. The van der Waals surface area contributed by atoms with Gasteiger partial charge in [-0.15, -0.1) is 0 Å². The van der Waals surface area contributed by atoms with Crippen molar-refractivity contribution in [2.45, 2.75) is 19.8 Å². The second kappa shape index (κ2) is 12.1. The lowest BCUT2D eigenvalue weighted by molar-refractivity contribution is 0.0665. The molecule has 0 bridgehead atoms. The van der Waals surface area contributed by atoms with E-state index in [-0.39, 0.29) is 16.9 Å². The number of benzene rings is 2. The molecule has 3 rings (SSSR count). The molecular weight excluding hydrogens is 504 g/mol. The van der Waals surface area contributed by atoms with Gasteiger partial charge in [-0.2, -0.15) is 0 Å². The lowest BCUT2D eigenvalue weighted by Crippen LogP contribution is -2.47. The number of ether oxygens (including phenoxy) is 1. The Labute approximate surface area is 208 Å². The predicted molar refractivity (Wildman–Crippen MR) is 138 cm³/mol. The maximum Gasteiger partial charge on any atom is 0.257 e. The third-order valence-electron chi connectivity index (χ3n) is 5.37. The van der Waals surface area contributed by atoms with E-state index in [1.807, 2.05) is 24.1 Å². The monoisotopic (exact) mass is 532 g/mol. The summed E-state index contributed by atoms with van der Waals surface area (Å²) in [5.41, 5.74) is 1.53. The first-order chi connectivity index (χ1) is 15.9. The molecule has 0 atom stereocenters. The molecule has 0 aromatic heterocycles. The van der Waals surface area contributed by atoms with Crippen LogP contribution in [0, 0.1) is 0 Å². The number of halogens is 1. The van der Waals surface area contributed by atoms with Gasteiger partial charge in [-0.1, -0.05) is 25.5 Å². The van der Waals surface area contributed by atoms with Crippen molar-refractivity contribution in [1.82, 2.24) is 15.1 Å². The second-order valence-corrected chi connectivity index (χ2v) is 9.16. The minimum atomic E-state index is -0.351. The molecule has 0 saturated carbocycles. The van der Waals surface area contributed by atoms with Gasteiger partial charge in [0.15, 0.2) is 5.11 Å². The van der Waals surface area contributed by atoms with Gasteiger partial charge in [0.2, 0.25) is 0 Å². The molecule has 9 heteroatoms. The summed E-state index contributed by atoms with van der Waals surface area (Å²) in [4.78, 5) is 29.8. The van der Waals surface area contributed by atoms with Gasteiger partial charge in [0.05, 0.1) is 22.3 Å². The number of likely N-dealkylation sites (N-methyl/N-ethyl adjacent to an activating group) is 1. The zero-order valence-corrected chi connectivity index (χ0v) is 21.3. The Kier molecular flexibility index (Phi) is 9.22. The van der Waals surface area contributed by atoms with Crippen LogP contribution in [-0.2, 0) is 0 Å². The average molecular weight is 533 g/mol. The van der Waals surface area contributed by atoms with Crippen LogP contribution in [0.4, 0.5) is 5.69 Å². The maximum atomic E-state index is 13.0. The van der Waals surface area contributed by atoms with Crippen LogP contribution >= 0.6 is 28.1 Å². The first kappa shape index (κ1) is 25.1. The van der Waals surface area contributed by atoms with E-state index in [2.05, 4.69) is 38.4 Å². The van der Waals surface area contributed by atoms with Crippen molar-refractivity contribution in [3.05, 3.63) is 58.1 Å². The zero-order chi connectivity index (χ0) is 23.8. The highest BCUT2D eigenvalue weighted by Gasteiger charge is 2.22. The fourth-order valence-electron chi connectivity index (χ4n) is 3.37. The van der Waals surface area contributed by atoms with Gasteiger partial charge in [0.1, 0.15) is 5.75 Å². The van der Waals surface area contributed by atoms with E-state index in [0.717, 1.165) is 25.9 Å². The molecule has 1 saturated heterocycles. The van der Waals surface area contributed by atoms with E-state index in [1.54, 1.807) is 30.3 Å². The zero-order valence-electron chi connectivity index (χ0n) is 18.9. The van der Waals surface area contributed by atoms with Crippen molar-refractivity contribution < 1.29 is 14.3 Å². The number of para-hydroxylation sites is 1. The number of piperazine rings is 1. The molecule has 2 aromatic carbocycles. The molecule has 1 fully saturated rings. The molecule has 1 heterocycles. The highest BCUT2D eigenvalue weighted by Crippen LogP contribution is 2.26. The molecule has 0 unspecified atom stereocenters. The third-order valence-corrected chi connectivity index (χ3v) is 6.20. The van der Waals surface area contributed by atoms with E-state index < -0.39 is 0 Å². The van der Waals surface area contributed by atoms with Gasteiger partial charge in [-0.25, -0.2) is 0 Å². The minimum absolute atomic E-state index is 0.0529. The standard InChI is InChI=1S/C24H29BrN4O3S/c1-3-4-15-32-21-10-9-17(16-19(21)25)22(30)27-24(33)26-20-8-6-5-7-18(20)23(31)29-13-11-28(2)12-14-29/h5-10,16H,3-4,11-15H2,1-2H3,(H2,26,27,30,33). The Morgan fingerprint density at radius 1 is 1.12 bits per heavy atom. The third kappa shape index (κ3) is 6.99. The molecule has 7 nitrogen and oxygen atoms in total. The van der Waals surface area contributed by atoms with Crippen molar-refractivity contribution in [1.29, 1.82) is 0 Å². The Balaban J connectivity index is 1.62. The first-order valence-electron chi connectivity index (χ1n) is 11.0. The second-order valence-electron chi connectivity index (χ2n) is 7.90. The normalized spacial score (nSPS) is 14.0. The average Bonchev–Trinajstić information content (AvgIpc) is 2.80. The maximum absolute atomic E-state index is 13.0. The smallest absolute Gasteiger partial charge is 0.257 e. The largest absolute Gasteiger partial charge is 0.492 e. The van der Waals surface area contributed by atoms with Crippen LogP contribution in [0.25, 0.3) is 0 Å². The van der Waals surface area contributed by atoms with Crippen LogP contribution < -0.4 is 15.4 Å². The molecule has 0 aliphatic carbocycles. The van der Waals surface area contributed by atoms with Crippen LogP contribution in [0.5, 0.6) is 5.75 Å². The molecule has 0 radical (unpaired) electrons. The molecule has 2 amide bonds. The number of hydrogen-bond donors (Lipinski definition) is 2. The number of nitrogens with one attached hydrogen (secondary N) is 2. The fourth-order valence-corrected chi connectivity index (χ4v) is 4.07. The number of thiocarbonyl (C=S) groups is 1. The van der Waals surface area contributed by atoms with Crippen LogP contribution in [0.1, 0.15) is 40.5 Å². The molecule has 0 spiro atoms. The van der Waals surface area contributed by atoms with Gasteiger partial charge in [-0.05, 0) is 71.9 Å². The van der Waals surface area contributed by atoms with Gasteiger partial charge < -0.3 is 19.9 Å². The number of unbranched alkanes of at least 4 members (excludes halogenated alkanes) is 1. The molecule has 33 heavy (non-hydrogen) atoms. The molecule has 1 aliphatic heterocycles. The summed E-state index contributed by atoms with van der Waals surface area (Å²) in [5, 5.41) is 5.81. The number of rotatable bonds is 7. The van der Waals surface area contributed by atoms with E-state index in [4.69, 9.17) is 17.0 Å². The highest BCUT2D eigenvalue weighted by molar-refractivity contribution is 9.10. The van der Waals surface area contributed by atoms with Gasteiger partial charge in [0, 0.05) is 31.7 Å². The number of anilines is 1. The molecular formula is C24H29BrN4O3S. The Morgan fingerprint density at radius 3 is 2.55 bits per heavy atom. The number of carbonyl (C=O) groups is 2. The van der Waals surface area contributed by atoms with Crippen molar-refractivity contribution >= 4 is 50.8 Å². The van der Waals surface area contributed by atoms with Gasteiger partial charge >= 0.3 is 0 Å². The van der Waals surface area contributed by atoms with Gasteiger partial charge in [-0.3, -0.25) is 14.9 Å². The topological polar surface area (TPSA) is 73.9 Å². The molecule has 176 valence electrons. The van der Waals surface area contributed by atoms with E-state index >= 15 is 0 Å². The summed E-state index contributed by atoms with van der Waals surface area (Å²) in [6.45, 7) is 5.77. The summed E-state index contributed by atoms with van der Waals surface area (Å²) in [6.07, 6.45) is 2.01. The molecule has 2 aromatic rings. The number of amides is 2. The number of nitrogens with zero attached hydrogens (tertiary/aromatic N) is 2. The predicted octanol–water partition coefficient (Wildman–Crippen LogP) is 4.14. The van der Waals surface area contributed by atoms with Crippen LogP contribution in [0.2, 0.25) is 0 Å².